The molecule has 0 atom stereocenters. The van der Waals surface area contributed by atoms with E-state index in [4.69, 9.17) is 14.3 Å². The van der Waals surface area contributed by atoms with Crippen LogP contribution < -0.4 is 18.2 Å². The van der Waals surface area contributed by atoms with Crippen LogP contribution in [0.1, 0.15) is 0 Å². The van der Waals surface area contributed by atoms with Gasteiger partial charge in [-0.3, -0.25) is 0 Å². The van der Waals surface area contributed by atoms with Crippen molar-refractivity contribution in [1.82, 2.24) is 0 Å². The van der Waals surface area contributed by atoms with Gasteiger partial charge in [0.15, 0.2) is 0 Å². The van der Waals surface area contributed by atoms with E-state index in [-0.39, 0.29) is 0 Å². The maximum absolute atomic E-state index is 8.63. The van der Waals surface area contributed by atoms with Crippen molar-refractivity contribution >= 4 is 0 Å². The molecule has 68 valence electrons. The van der Waals surface area contributed by atoms with E-state index >= 15 is 0 Å². The second-order valence-electron chi connectivity index (χ2n) is 2.14. The van der Waals surface area contributed by atoms with E-state index in [1.165, 1.54) is 26.2 Å². The predicted octanol–water partition coefficient (Wildman–Crippen LogP) is -5.49. The van der Waals surface area contributed by atoms with Crippen molar-refractivity contribution in [2.24, 2.45) is 0 Å². The molecule has 6 nitrogen and oxygen atoms in total. The van der Waals surface area contributed by atoms with E-state index < -0.39 is 16.7 Å². The Kier molecular flexibility index (Phi) is 5.80. The third-order valence-electron chi connectivity index (χ3n) is 0.577. The van der Waals surface area contributed by atoms with Crippen LogP contribution in [-0.2, 0) is 23.5 Å². The Balaban J connectivity index is 0.000000142. The van der Waals surface area contributed by atoms with Gasteiger partial charge in [0.2, 0.25) is 0 Å². The molecule has 2 fully saturated rings. The van der Waals surface area contributed by atoms with Gasteiger partial charge in [0.05, 0.1) is 0 Å². The summed E-state index contributed by atoms with van der Waals surface area (Å²) in [6.45, 7) is 5.50. The van der Waals surface area contributed by atoms with Crippen LogP contribution in [0.3, 0.4) is 0 Å². The van der Waals surface area contributed by atoms with E-state index in [9.17, 15) is 0 Å². The molecule has 4 N–H and O–H groups in total. The van der Waals surface area contributed by atoms with Crippen molar-refractivity contribution in [3.8, 4) is 0 Å². The number of hydrogen-bond acceptors (Lipinski definition) is 4. The zero-order valence-electron chi connectivity index (χ0n) is 6.02. The predicted molar refractivity (Wildman–Crippen MR) is 24.7 cm³/mol. The average Bonchev–Trinajstić information content (AvgIpc) is 2.58. The molecule has 2 aliphatic heterocycles. The van der Waals surface area contributed by atoms with Crippen LogP contribution in [0.15, 0.2) is 0 Å². The van der Waals surface area contributed by atoms with Gasteiger partial charge in [0, 0.05) is 0 Å². The van der Waals surface area contributed by atoms with Crippen molar-refractivity contribution in [2.75, 3.05) is 26.2 Å². The fourth-order valence-corrected chi connectivity index (χ4v) is 0. The van der Waals surface area contributed by atoms with Gasteiger partial charge in [-0.25, -0.2) is 0 Å². The molecule has 0 aliphatic carbocycles. The summed E-state index contributed by atoms with van der Waals surface area (Å²) in [5.74, 6) is 0. The van der Waals surface area contributed by atoms with Gasteiger partial charge in [-0.1, -0.05) is 0 Å². The molecular weight excluding hydrogens is 236 g/mol. The average molecular weight is 248 g/mol. The second kappa shape index (κ2) is 5.74. The van der Waals surface area contributed by atoms with Crippen molar-refractivity contribution in [3.05, 3.63) is 0 Å². The second-order valence-corrected chi connectivity index (χ2v) is 4.15. The molecule has 0 aromatic rings. The molecular formula is C4H12MoN2O4. The maximum atomic E-state index is 8.63. The molecule has 2 rings (SSSR count). The summed E-state index contributed by atoms with van der Waals surface area (Å²) in [4.78, 5) is 0. The molecule has 2 heterocycles. The van der Waals surface area contributed by atoms with Gasteiger partial charge < -0.3 is 10.6 Å². The molecule has 0 spiro atoms. The first kappa shape index (κ1) is 11.1. The minimum atomic E-state index is -6.02. The third kappa shape index (κ3) is 148. The standard InChI is InChI=1S/2C2H5N.Mo.4O/c2*1-2-3-1;;;;;/h2*3H,1-2H2;;;;;/q;;;;;2*-1/p+2. The van der Waals surface area contributed by atoms with Gasteiger partial charge in [-0.15, -0.1) is 0 Å². The molecule has 0 aromatic carbocycles. The molecule has 11 heavy (non-hydrogen) atoms. The van der Waals surface area contributed by atoms with Crippen LogP contribution in [0, 0.1) is 0 Å². The number of quaternary nitrogens is 2. The zero-order chi connectivity index (χ0) is 8.74. The zero-order valence-corrected chi connectivity index (χ0v) is 8.03. The topological polar surface area (TPSA) is 113 Å². The Labute approximate surface area is 68.3 Å². The first-order chi connectivity index (χ1) is 5.00. The van der Waals surface area contributed by atoms with E-state index in [1.54, 1.807) is 0 Å². The van der Waals surface area contributed by atoms with Gasteiger partial charge >= 0.3 is 31.1 Å². The fourth-order valence-electron chi connectivity index (χ4n) is 0. The van der Waals surface area contributed by atoms with Crippen LogP contribution in [0.5, 0.6) is 0 Å². The van der Waals surface area contributed by atoms with Gasteiger partial charge in [-0.2, -0.15) is 0 Å². The van der Waals surface area contributed by atoms with Crippen LogP contribution in [0.25, 0.3) is 0 Å². The fraction of sp³-hybridized carbons (Fsp3) is 1.00. The molecule has 0 aromatic heterocycles. The molecule has 0 radical (unpaired) electrons. The SMILES string of the molecule is C1C[NH2+]1.C1C[NH2+]1.[O]=[Mo](=[O])([O-])[O-]. The summed E-state index contributed by atoms with van der Waals surface area (Å²) >= 11 is -6.02. The summed E-state index contributed by atoms with van der Waals surface area (Å²) < 4.78 is 34.5. The number of nitrogens with two attached hydrogens (primary N) is 2. The number of rotatable bonds is 0. The van der Waals surface area contributed by atoms with Crippen molar-refractivity contribution in [1.29, 1.82) is 0 Å². The third-order valence-corrected chi connectivity index (χ3v) is 0.577. The van der Waals surface area contributed by atoms with Gasteiger partial charge in [0.1, 0.15) is 26.2 Å². The molecule has 2 saturated heterocycles. The van der Waals surface area contributed by atoms with Crippen molar-refractivity contribution in [2.45, 2.75) is 0 Å². The van der Waals surface area contributed by atoms with E-state index in [0.29, 0.717) is 0 Å². The van der Waals surface area contributed by atoms with Gasteiger partial charge in [0.25, 0.3) is 0 Å². The Bertz CT molecular complexity index is 155. The summed E-state index contributed by atoms with van der Waals surface area (Å²) in [6.07, 6.45) is 0. The van der Waals surface area contributed by atoms with Crippen LogP contribution in [0.4, 0.5) is 0 Å². The van der Waals surface area contributed by atoms with Crippen molar-refractivity contribution in [3.63, 3.8) is 0 Å². The van der Waals surface area contributed by atoms with E-state index in [1.807, 2.05) is 0 Å². The van der Waals surface area contributed by atoms with Crippen molar-refractivity contribution < 1.29 is 41.7 Å². The normalized spacial score (nSPS) is 18.4. The summed E-state index contributed by atoms with van der Waals surface area (Å²) in [6, 6.07) is 0. The number of hydrogen-bond donors (Lipinski definition) is 2. The van der Waals surface area contributed by atoms with Gasteiger partial charge in [-0.05, 0) is 0 Å². The molecule has 0 unspecified atom stereocenters. The molecule has 0 saturated carbocycles. The Morgan fingerprint density at radius 1 is 0.909 bits per heavy atom. The van der Waals surface area contributed by atoms with Crippen LogP contribution in [0.2, 0.25) is 0 Å². The summed E-state index contributed by atoms with van der Waals surface area (Å²) in [5.41, 5.74) is 0. The summed E-state index contributed by atoms with van der Waals surface area (Å²) in [5, 5.41) is 4.50. The first-order valence-corrected chi connectivity index (χ1v) is 6.58. The summed E-state index contributed by atoms with van der Waals surface area (Å²) in [7, 11) is 0. The Morgan fingerprint density at radius 3 is 1.00 bits per heavy atom. The quantitative estimate of drug-likeness (QED) is 0.329. The Morgan fingerprint density at radius 2 is 1.00 bits per heavy atom. The van der Waals surface area contributed by atoms with E-state index in [2.05, 4.69) is 10.6 Å². The molecule has 0 bridgehead atoms. The first-order valence-electron chi connectivity index (χ1n) is 3.30. The van der Waals surface area contributed by atoms with Crippen LogP contribution >= 0.6 is 0 Å². The molecule has 2 aliphatic rings. The molecule has 7 heteroatoms. The molecule has 0 amide bonds. The Hall–Kier alpha value is 0.128. The monoisotopic (exact) mass is 250 g/mol. The minimum absolute atomic E-state index is 1.38. The van der Waals surface area contributed by atoms with Crippen LogP contribution in [-0.4, -0.2) is 26.2 Å². The van der Waals surface area contributed by atoms with E-state index in [0.717, 1.165) is 0 Å².